The molecule has 1 heterocycles. The molecule has 1 N–H and O–H groups in total. The van der Waals surface area contributed by atoms with E-state index >= 15 is 0 Å². The molecule has 2 rings (SSSR count). The van der Waals surface area contributed by atoms with Crippen molar-refractivity contribution in [1.29, 1.82) is 0 Å². The van der Waals surface area contributed by atoms with Crippen molar-refractivity contribution in [3.05, 3.63) is 40.4 Å². The number of aromatic nitrogens is 3. The smallest absolute Gasteiger partial charge is 0.164 e. The molecular weight excluding hydrogens is 332 g/mol. The first kappa shape index (κ1) is 16.0. The van der Waals surface area contributed by atoms with E-state index in [2.05, 4.69) is 44.3 Å². The van der Waals surface area contributed by atoms with Crippen LogP contribution in [-0.2, 0) is 19.7 Å². The second-order valence-corrected chi connectivity index (χ2v) is 5.54. The molecule has 21 heavy (non-hydrogen) atoms. The highest BCUT2D eigenvalue weighted by Gasteiger charge is 2.10. The second kappa shape index (κ2) is 8.14. The summed E-state index contributed by atoms with van der Waals surface area (Å²) >= 11 is 3.56. The van der Waals surface area contributed by atoms with Gasteiger partial charge in [-0.15, -0.1) is 0 Å². The van der Waals surface area contributed by atoms with Gasteiger partial charge in [0, 0.05) is 18.7 Å². The van der Waals surface area contributed by atoms with Gasteiger partial charge in [0.15, 0.2) is 5.82 Å². The van der Waals surface area contributed by atoms with Gasteiger partial charge >= 0.3 is 0 Å². The lowest BCUT2D eigenvalue weighted by atomic mass is 10.2. The number of aryl methyl sites for hydroxylation is 1. The fourth-order valence-electron chi connectivity index (χ4n) is 2.05. The topological polar surface area (TPSA) is 52.0 Å². The zero-order valence-electron chi connectivity index (χ0n) is 12.5. The van der Waals surface area contributed by atoms with Gasteiger partial charge in [0.25, 0.3) is 0 Å². The van der Waals surface area contributed by atoms with E-state index < -0.39 is 0 Å². The van der Waals surface area contributed by atoms with Gasteiger partial charge in [-0.1, -0.05) is 19.1 Å². The van der Waals surface area contributed by atoms with Crippen LogP contribution in [0.25, 0.3) is 0 Å². The van der Waals surface area contributed by atoms with E-state index in [0.717, 1.165) is 47.7 Å². The highest BCUT2D eigenvalue weighted by Crippen LogP contribution is 2.29. The van der Waals surface area contributed by atoms with E-state index in [-0.39, 0.29) is 0 Å². The number of benzene rings is 1. The normalized spacial score (nSPS) is 10.8. The molecule has 0 aliphatic heterocycles. The van der Waals surface area contributed by atoms with E-state index in [4.69, 9.17) is 4.74 Å². The van der Waals surface area contributed by atoms with Crippen molar-refractivity contribution in [3.63, 3.8) is 0 Å². The Kier molecular flexibility index (Phi) is 6.20. The summed E-state index contributed by atoms with van der Waals surface area (Å²) in [5, 5.41) is 7.55. The van der Waals surface area contributed by atoms with Gasteiger partial charge in [-0.25, -0.2) is 9.67 Å². The molecule has 5 nitrogen and oxygen atoms in total. The van der Waals surface area contributed by atoms with Crippen LogP contribution in [0.3, 0.4) is 0 Å². The van der Waals surface area contributed by atoms with Gasteiger partial charge in [0.1, 0.15) is 18.7 Å². The molecule has 0 fully saturated rings. The van der Waals surface area contributed by atoms with E-state index in [9.17, 15) is 0 Å². The van der Waals surface area contributed by atoms with E-state index in [1.807, 2.05) is 23.7 Å². The minimum atomic E-state index is 0.414. The standard InChI is InChI=1S/C15H21BrN4O/c1-3-8-17-9-12-6-5-7-13(16)15(12)21-10-14-18-11-19-20(14)4-2/h5-7,11,17H,3-4,8-10H2,1-2H3. The van der Waals surface area contributed by atoms with Crippen molar-refractivity contribution in [3.8, 4) is 5.75 Å². The first-order valence-corrected chi connectivity index (χ1v) is 8.03. The number of rotatable bonds is 8. The first-order chi connectivity index (χ1) is 10.3. The maximum atomic E-state index is 5.98. The Hall–Kier alpha value is -1.40. The van der Waals surface area contributed by atoms with Crippen LogP contribution in [0.15, 0.2) is 29.0 Å². The molecule has 1 aromatic heterocycles. The number of hydrogen-bond acceptors (Lipinski definition) is 4. The molecule has 0 aliphatic rings. The Morgan fingerprint density at radius 1 is 1.33 bits per heavy atom. The Bertz CT molecular complexity index is 571. The van der Waals surface area contributed by atoms with Crippen molar-refractivity contribution >= 4 is 15.9 Å². The van der Waals surface area contributed by atoms with E-state index in [1.165, 1.54) is 0 Å². The number of ether oxygens (including phenoxy) is 1. The fourth-order valence-corrected chi connectivity index (χ4v) is 2.58. The molecule has 0 saturated heterocycles. The molecular formula is C15H21BrN4O. The Labute approximate surface area is 133 Å². The maximum Gasteiger partial charge on any atom is 0.164 e. The average molecular weight is 353 g/mol. The third kappa shape index (κ3) is 4.28. The van der Waals surface area contributed by atoms with Gasteiger partial charge in [0.2, 0.25) is 0 Å². The van der Waals surface area contributed by atoms with Gasteiger partial charge < -0.3 is 10.1 Å². The molecule has 0 saturated carbocycles. The molecule has 0 unspecified atom stereocenters. The summed E-state index contributed by atoms with van der Waals surface area (Å²) < 4.78 is 8.77. The van der Waals surface area contributed by atoms with Gasteiger partial charge in [-0.2, -0.15) is 5.10 Å². The van der Waals surface area contributed by atoms with Crippen LogP contribution in [0.2, 0.25) is 0 Å². The van der Waals surface area contributed by atoms with Gasteiger partial charge in [-0.3, -0.25) is 0 Å². The van der Waals surface area contributed by atoms with Gasteiger partial charge in [-0.05, 0) is 41.9 Å². The van der Waals surface area contributed by atoms with Crippen molar-refractivity contribution in [2.75, 3.05) is 6.54 Å². The monoisotopic (exact) mass is 352 g/mol. The predicted molar refractivity (Wildman–Crippen MR) is 86.2 cm³/mol. The molecule has 0 atom stereocenters. The quantitative estimate of drug-likeness (QED) is 0.741. The Balaban J connectivity index is 2.07. The van der Waals surface area contributed by atoms with Crippen LogP contribution in [0.5, 0.6) is 5.75 Å². The zero-order chi connectivity index (χ0) is 15.1. The number of nitrogens with zero attached hydrogens (tertiary/aromatic N) is 3. The summed E-state index contributed by atoms with van der Waals surface area (Å²) in [6.07, 6.45) is 2.68. The molecule has 6 heteroatoms. The lowest BCUT2D eigenvalue weighted by Gasteiger charge is -2.14. The summed E-state index contributed by atoms with van der Waals surface area (Å²) in [5.74, 6) is 1.70. The van der Waals surface area contributed by atoms with Crippen LogP contribution in [0, 0.1) is 0 Å². The number of para-hydroxylation sites is 1. The van der Waals surface area contributed by atoms with Crippen molar-refractivity contribution < 1.29 is 4.74 Å². The predicted octanol–water partition coefficient (Wildman–Crippen LogP) is 3.14. The molecule has 0 aliphatic carbocycles. The Morgan fingerprint density at radius 2 is 2.19 bits per heavy atom. The molecule has 0 spiro atoms. The van der Waals surface area contributed by atoms with Crippen molar-refractivity contribution in [2.24, 2.45) is 0 Å². The minimum Gasteiger partial charge on any atom is -0.484 e. The molecule has 2 aromatic rings. The largest absolute Gasteiger partial charge is 0.484 e. The summed E-state index contributed by atoms with van der Waals surface area (Å²) in [5.41, 5.74) is 1.14. The van der Waals surface area contributed by atoms with E-state index in [0.29, 0.717) is 6.61 Å². The number of halogens is 1. The van der Waals surface area contributed by atoms with Crippen molar-refractivity contribution in [1.82, 2.24) is 20.1 Å². The third-order valence-corrected chi connectivity index (χ3v) is 3.76. The average Bonchev–Trinajstić information content (AvgIpc) is 2.94. The summed E-state index contributed by atoms with van der Waals surface area (Å²) in [7, 11) is 0. The van der Waals surface area contributed by atoms with Crippen LogP contribution in [0.1, 0.15) is 31.7 Å². The summed E-state index contributed by atoms with van der Waals surface area (Å²) in [6.45, 7) is 7.19. The van der Waals surface area contributed by atoms with Crippen LogP contribution < -0.4 is 10.1 Å². The lowest BCUT2D eigenvalue weighted by Crippen LogP contribution is -2.15. The molecule has 114 valence electrons. The first-order valence-electron chi connectivity index (χ1n) is 7.23. The van der Waals surface area contributed by atoms with Crippen LogP contribution in [0.4, 0.5) is 0 Å². The van der Waals surface area contributed by atoms with Crippen molar-refractivity contribution in [2.45, 2.75) is 40.0 Å². The second-order valence-electron chi connectivity index (χ2n) is 4.69. The van der Waals surface area contributed by atoms with E-state index in [1.54, 1.807) is 6.33 Å². The Morgan fingerprint density at radius 3 is 2.95 bits per heavy atom. The maximum absolute atomic E-state index is 5.98. The molecule has 1 aromatic carbocycles. The lowest BCUT2D eigenvalue weighted by molar-refractivity contribution is 0.282. The number of hydrogen-bond donors (Lipinski definition) is 1. The zero-order valence-corrected chi connectivity index (χ0v) is 14.1. The highest BCUT2D eigenvalue weighted by atomic mass is 79.9. The molecule has 0 radical (unpaired) electrons. The molecule has 0 amide bonds. The third-order valence-electron chi connectivity index (χ3n) is 3.13. The minimum absolute atomic E-state index is 0.414. The van der Waals surface area contributed by atoms with Gasteiger partial charge in [0.05, 0.1) is 4.47 Å². The fraction of sp³-hybridized carbons (Fsp3) is 0.467. The molecule has 0 bridgehead atoms. The summed E-state index contributed by atoms with van der Waals surface area (Å²) in [6, 6.07) is 6.09. The van der Waals surface area contributed by atoms with Crippen LogP contribution >= 0.6 is 15.9 Å². The SMILES string of the molecule is CCCNCc1cccc(Br)c1OCc1ncnn1CC. The highest BCUT2D eigenvalue weighted by molar-refractivity contribution is 9.10. The number of nitrogens with one attached hydrogen (secondary N) is 1. The van der Waals surface area contributed by atoms with Crippen LogP contribution in [-0.4, -0.2) is 21.3 Å². The summed E-state index contributed by atoms with van der Waals surface area (Å²) in [4.78, 5) is 4.23.